The van der Waals surface area contributed by atoms with Crippen molar-refractivity contribution in [3.63, 3.8) is 0 Å². The minimum atomic E-state index is -0.00116. The lowest BCUT2D eigenvalue weighted by atomic mass is 10.1. The van der Waals surface area contributed by atoms with Crippen LogP contribution < -0.4 is 11.1 Å². The summed E-state index contributed by atoms with van der Waals surface area (Å²) in [5.41, 5.74) is 5.45. The topological polar surface area (TPSA) is 56.5 Å². The lowest BCUT2D eigenvalue weighted by Crippen LogP contribution is -2.23. The summed E-state index contributed by atoms with van der Waals surface area (Å²) < 4.78 is 12.1. The summed E-state index contributed by atoms with van der Waals surface area (Å²) in [5.74, 6) is 0. The molecule has 0 fully saturated rings. The van der Waals surface area contributed by atoms with Crippen LogP contribution in [-0.2, 0) is 9.47 Å². The average Bonchev–Trinajstić information content (AvgIpc) is 2.68. The Morgan fingerprint density at radius 2 is 1.11 bits per heavy atom. The molecule has 0 saturated heterocycles. The van der Waals surface area contributed by atoms with Gasteiger partial charge in [0, 0.05) is 19.9 Å². The molecule has 3 N–H and O–H groups in total. The van der Waals surface area contributed by atoms with Gasteiger partial charge in [-0.05, 0) is 38.6 Å². The van der Waals surface area contributed by atoms with E-state index in [-0.39, 0.29) is 6.29 Å². The molecule has 4 heteroatoms. The standard InChI is InChI=1S/C23H50N2O2/c1-3-5-7-9-11-16-20-26-23(18-14-13-15-19-25-22-24)27-21-17-12-10-8-6-4-2/h23,25H,3-22,24H2,1-2H3. The first kappa shape index (κ1) is 26.8. The van der Waals surface area contributed by atoms with Crippen LogP contribution in [0, 0.1) is 0 Å². The molecule has 0 atom stereocenters. The molecule has 0 bridgehead atoms. The number of ether oxygens (including phenoxy) is 2. The zero-order valence-electron chi connectivity index (χ0n) is 18.6. The van der Waals surface area contributed by atoms with Gasteiger partial charge in [0.25, 0.3) is 0 Å². The Kier molecular flexibility index (Phi) is 23.7. The normalized spacial score (nSPS) is 11.6. The molecule has 4 nitrogen and oxygen atoms in total. The molecule has 0 rings (SSSR count). The fourth-order valence-electron chi connectivity index (χ4n) is 3.25. The highest BCUT2D eigenvalue weighted by Crippen LogP contribution is 2.12. The smallest absolute Gasteiger partial charge is 0.157 e. The van der Waals surface area contributed by atoms with Crippen LogP contribution in [-0.4, -0.2) is 32.7 Å². The summed E-state index contributed by atoms with van der Waals surface area (Å²) in [7, 11) is 0. The predicted octanol–water partition coefficient (Wildman–Crippen LogP) is 6.13. The quantitative estimate of drug-likeness (QED) is 0.164. The molecular formula is C23H50N2O2. The van der Waals surface area contributed by atoms with E-state index in [2.05, 4.69) is 19.2 Å². The Morgan fingerprint density at radius 3 is 1.63 bits per heavy atom. The molecular weight excluding hydrogens is 336 g/mol. The van der Waals surface area contributed by atoms with Gasteiger partial charge in [-0.2, -0.15) is 0 Å². The zero-order chi connectivity index (χ0) is 19.8. The van der Waals surface area contributed by atoms with Crippen molar-refractivity contribution in [3.05, 3.63) is 0 Å². The van der Waals surface area contributed by atoms with Crippen LogP contribution in [0.2, 0.25) is 0 Å². The summed E-state index contributed by atoms with van der Waals surface area (Å²) in [6.07, 6.45) is 20.3. The van der Waals surface area contributed by atoms with Crippen molar-refractivity contribution in [1.82, 2.24) is 5.32 Å². The third-order valence-corrected chi connectivity index (χ3v) is 5.04. The summed E-state index contributed by atoms with van der Waals surface area (Å²) in [6, 6.07) is 0. The van der Waals surface area contributed by atoms with Crippen LogP contribution in [0.4, 0.5) is 0 Å². The van der Waals surface area contributed by atoms with Gasteiger partial charge in [0.05, 0.1) is 0 Å². The molecule has 164 valence electrons. The molecule has 0 spiro atoms. The van der Waals surface area contributed by atoms with Crippen LogP contribution in [0.5, 0.6) is 0 Å². The summed E-state index contributed by atoms with van der Waals surface area (Å²) in [4.78, 5) is 0. The third kappa shape index (κ3) is 22.0. The first-order chi connectivity index (χ1) is 13.3. The molecule has 27 heavy (non-hydrogen) atoms. The molecule has 0 aromatic rings. The second-order valence-electron chi connectivity index (χ2n) is 7.76. The molecule has 0 aromatic heterocycles. The first-order valence-corrected chi connectivity index (χ1v) is 12.0. The van der Waals surface area contributed by atoms with Crippen molar-refractivity contribution in [3.8, 4) is 0 Å². The van der Waals surface area contributed by atoms with Gasteiger partial charge in [0.15, 0.2) is 6.29 Å². The fourth-order valence-corrected chi connectivity index (χ4v) is 3.25. The Hall–Kier alpha value is -0.160. The second-order valence-corrected chi connectivity index (χ2v) is 7.76. The van der Waals surface area contributed by atoms with Crippen LogP contribution >= 0.6 is 0 Å². The highest BCUT2D eigenvalue weighted by Gasteiger charge is 2.09. The molecule has 0 aliphatic carbocycles. The van der Waals surface area contributed by atoms with Gasteiger partial charge in [0.1, 0.15) is 0 Å². The monoisotopic (exact) mass is 386 g/mol. The molecule has 0 amide bonds. The largest absolute Gasteiger partial charge is 0.353 e. The van der Waals surface area contributed by atoms with E-state index in [1.54, 1.807) is 0 Å². The predicted molar refractivity (Wildman–Crippen MR) is 118 cm³/mol. The first-order valence-electron chi connectivity index (χ1n) is 12.0. The Balaban J connectivity index is 3.78. The number of nitrogens with one attached hydrogen (secondary N) is 1. The van der Waals surface area contributed by atoms with Gasteiger partial charge in [-0.15, -0.1) is 0 Å². The molecule has 0 aliphatic rings. The molecule has 0 aliphatic heterocycles. The van der Waals surface area contributed by atoms with Crippen LogP contribution in [0.3, 0.4) is 0 Å². The van der Waals surface area contributed by atoms with Crippen molar-refractivity contribution in [1.29, 1.82) is 0 Å². The lowest BCUT2D eigenvalue weighted by Gasteiger charge is -2.19. The lowest BCUT2D eigenvalue weighted by molar-refractivity contribution is -0.148. The van der Waals surface area contributed by atoms with Crippen molar-refractivity contribution < 1.29 is 9.47 Å². The minimum absolute atomic E-state index is 0.00116. The Labute approximate surface area is 170 Å². The van der Waals surface area contributed by atoms with Crippen LogP contribution in [0.15, 0.2) is 0 Å². The number of nitrogens with two attached hydrogens (primary N) is 1. The van der Waals surface area contributed by atoms with Gasteiger partial charge in [-0.1, -0.05) is 84.5 Å². The van der Waals surface area contributed by atoms with Gasteiger partial charge < -0.3 is 20.5 Å². The third-order valence-electron chi connectivity index (χ3n) is 5.04. The maximum atomic E-state index is 6.06. The van der Waals surface area contributed by atoms with Crippen molar-refractivity contribution in [2.45, 2.75) is 123 Å². The van der Waals surface area contributed by atoms with E-state index in [1.807, 2.05) is 0 Å². The Morgan fingerprint density at radius 1 is 0.630 bits per heavy atom. The number of rotatable bonds is 23. The van der Waals surface area contributed by atoms with Crippen molar-refractivity contribution in [2.75, 3.05) is 26.4 Å². The van der Waals surface area contributed by atoms with Gasteiger partial charge in [-0.25, -0.2) is 0 Å². The fraction of sp³-hybridized carbons (Fsp3) is 1.00. The Bertz CT molecular complexity index is 247. The highest BCUT2D eigenvalue weighted by atomic mass is 16.7. The average molecular weight is 387 g/mol. The SMILES string of the molecule is CCCCCCCCOC(CCCCCNCN)OCCCCCCCC. The van der Waals surface area contributed by atoms with Crippen molar-refractivity contribution in [2.24, 2.45) is 5.73 Å². The minimum Gasteiger partial charge on any atom is -0.353 e. The molecule has 0 saturated carbocycles. The van der Waals surface area contributed by atoms with Crippen molar-refractivity contribution >= 4 is 0 Å². The maximum Gasteiger partial charge on any atom is 0.157 e. The molecule has 0 radical (unpaired) electrons. The summed E-state index contributed by atoms with van der Waals surface area (Å²) in [5, 5.41) is 3.18. The zero-order valence-corrected chi connectivity index (χ0v) is 18.6. The number of hydrogen-bond donors (Lipinski definition) is 2. The van der Waals surface area contributed by atoms with E-state index >= 15 is 0 Å². The molecule has 0 heterocycles. The van der Waals surface area contributed by atoms with E-state index in [9.17, 15) is 0 Å². The summed E-state index contributed by atoms with van der Waals surface area (Å²) in [6.45, 7) is 7.82. The van der Waals surface area contributed by atoms with E-state index in [1.165, 1.54) is 96.3 Å². The maximum absolute atomic E-state index is 6.06. The van der Waals surface area contributed by atoms with E-state index in [4.69, 9.17) is 15.2 Å². The number of unbranched alkanes of at least 4 members (excludes halogenated alkanes) is 12. The van der Waals surface area contributed by atoms with Gasteiger partial charge >= 0.3 is 0 Å². The van der Waals surface area contributed by atoms with E-state index in [0.29, 0.717) is 6.67 Å². The number of hydrogen-bond acceptors (Lipinski definition) is 4. The second kappa shape index (κ2) is 23.9. The van der Waals surface area contributed by atoms with Gasteiger partial charge in [-0.3, -0.25) is 0 Å². The van der Waals surface area contributed by atoms with Crippen LogP contribution in [0.1, 0.15) is 117 Å². The van der Waals surface area contributed by atoms with Gasteiger partial charge in [0.2, 0.25) is 0 Å². The summed E-state index contributed by atoms with van der Waals surface area (Å²) >= 11 is 0. The highest BCUT2D eigenvalue weighted by molar-refractivity contribution is 4.53. The van der Waals surface area contributed by atoms with Crippen LogP contribution in [0.25, 0.3) is 0 Å². The molecule has 0 aromatic carbocycles. The van der Waals surface area contributed by atoms with E-state index in [0.717, 1.165) is 26.2 Å². The van der Waals surface area contributed by atoms with E-state index < -0.39 is 0 Å². The molecule has 0 unspecified atom stereocenters.